The van der Waals surface area contributed by atoms with Crippen LogP contribution in [0.4, 0.5) is 5.69 Å². The zero-order chi connectivity index (χ0) is 18.3. The van der Waals surface area contributed by atoms with Crippen LogP contribution in [-0.4, -0.2) is 26.0 Å². The molecule has 138 valence electrons. The summed E-state index contributed by atoms with van der Waals surface area (Å²) in [5.41, 5.74) is 2.52. The maximum Gasteiger partial charge on any atom is 0.240 e. The van der Waals surface area contributed by atoms with Crippen molar-refractivity contribution >= 4 is 21.6 Å². The van der Waals surface area contributed by atoms with E-state index >= 15 is 0 Å². The molecule has 1 saturated carbocycles. The molecule has 1 aromatic carbocycles. The predicted octanol–water partition coefficient (Wildman–Crippen LogP) is 2.01. The molecule has 1 aromatic heterocycles. The minimum atomic E-state index is -3.66. The van der Waals surface area contributed by atoms with Gasteiger partial charge in [-0.1, -0.05) is 12.1 Å². The number of sulfonamides is 1. The SMILES string of the molecule is CCc1cc(CNS(=O)(=O)c2ccc3c(c2)CCN3C(=O)C2CC2)on1. The molecule has 2 aromatic rings. The smallest absolute Gasteiger partial charge is 0.240 e. The fourth-order valence-electron chi connectivity index (χ4n) is 3.18. The predicted molar refractivity (Wildman–Crippen MR) is 95.1 cm³/mol. The van der Waals surface area contributed by atoms with Gasteiger partial charge in [0, 0.05) is 24.2 Å². The van der Waals surface area contributed by atoms with Crippen LogP contribution < -0.4 is 9.62 Å². The van der Waals surface area contributed by atoms with Gasteiger partial charge in [0.05, 0.1) is 17.1 Å². The van der Waals surface area contributed by atoms with Gasteiger partial charge in [-0.2, -0.15) is 0 Å². The Kier molecular flexibility index (Phi) is 4.32. The number of nitrogens with zero attached hydrogens (tertiary/aromatic N) is 2. The molecule has 8 heteroatoms. The fourth-order valence-corrected chi connectivity index (χ4v) is 4.22. The molecule has 2 aliphatic rings. The van der Waals surface area contributed by atoms with Crippen LogP contribution in [0.2, 0.25) is 0 Å². The summed E-state index contributed by atoms with van der Waals surface area (Å²) in [6.07, 6.45) is 3.33. The molecule has 0 atom stereocenters. The van der Waals surface area contributed by atoms with Crippen molar-refractivity contribution in [2.24, 2.45) is 5.92 Å². The van der Waals surface area contributed by atoms with Crippen LogP contribution in [0.15, 0.2) is 33.7 Å². The Hall–Kier alpha value is -2.19. The highest BCUT2D eigenvalue weighted by Crippen LogP contribution is 2.37. The van der Waals surface area contributed by atoms with Gasteiger partial charge in [-0.05, 0) is 49.4 Å². The Balaban J connectivity index is 1.49. The van der Waals surface area contributed by atoms with Gasteiger partial charge in [0.1, 0.15) is 0 Å². The first-order valence-corrected chi connectivity index (χ1v) is 10.3. The highest BCUT2D eigenvalue weighted by molar-refractivity contribution is 7.89. The minimum absolute atomic E-state index is 0.0543. The summed E-state index contributed by atoms with van der Waals surface area (Å²) in [4.78, 5) is 14.3. The lowest BCUT2D eigenvalue weighted by Gasteiger charge is -2.17. The van der Waals surface area contributed by atoms with Crippen LogP contribution in [0.5, 0.6) is 0 Å². The van der Waals surface area contributed by atoms with E-state index in [2.05, 4.69) is 9.88 Å². The molecule has 1 fully saturated rings. The highest BCUT2D eigenvalue weighted by atomic mass is 32.2. The summed E-state index contributed by atoms with van der Waals surface area (Å²) in [5, 5.41) is 3.85. The number of fused-ring (bicyclic) bond motifs is 1. The minimum Gasteiger partial charge on any atom is -0.360 e. The molecular formula is C18H21N3O4S. The molecule has 0 spiro atoms. The number of anilines is 1. The van der Waals surface area contributed by atoms with Gasteiger partial charge in [-0.25, -0.2) is 13.1 Å². The van der Waals surface area contributed by atoms with Gasteiger partial charge in [-0.3, -0.25) is 4.79 Å². The Morgan fingerprint density at radius 3 is 2.85 bits per heavy atom. The van der Waals surface area contributed by atoms with Crippen LogP contribution in [0.1, 0.15) is 36.8 Å². The molecule has 0 unspecified atom stereocenters. The lowest BCUT2D eigenvalue weighted by Crippen LogP contribution is -2.30. The largest absolute Gasteiger partial charge is 0.360 e. The molecule has 0 radical (unpaired) electrons. The van der Waals surface area contributed by atoms with Gasteiger partial charge in [0.2, 0.25) is 15.9 Å². The maximum absolute atomic E-state index is 12.6. The number of aryl methyl sites for hydroxylation is 1. The van der Waals surface area contributed by atoms with Crippen molar-refractivity contribution in [3.05, 3.63) is 41.3 Å². The van der Waals surface area contributed by atoms with Crippen molar-refractivity contribution < 1.29 is 17.7 Å². The van der Waals surface area contributed by atoms with Crippen molar-refractivity contribution in [2.75, 3.05) is 11.4 Å². The van der Waals surface area contributed by atoms with Crippen molar-refractivity contribution in [3.63, 3.8) is 0 Å². The van der Waals surface area contributed by atoms with E-state index in [4.69, 9.17) is 4.52 Å². The molecule has 1 N–H and O–H groups in total. The Bertz CT molecular complexity index is 947. The molecule has 1 aliphatic heterocycles. The summed E-state index contributed by atoms with van der Waals surface area (Å²) in [5.74, 6) is 0.795. The summed E-state index contributed by atoms with van der Waals surface area (Å²) >= 11 is 0. The average Bonchev–Trinajstić information content (AvgIpc) is 3.24. The van der Waals surface area contributed by atoms with Crippen molar-refractivity contribution in [3.8, 4) is 0 Å². The molecule has 0 saturated heterocycles. The number of hydrogen-bond donors (Lipinski definition) is 1. The third-order valence-electron chi connectivity index (χ3n) is 4.86. The zero-order valence-corrected chi connectivity index (χ0v) is 15.4. The first-order chi connectivity index (χ1) is 12.5. The number of amides is 1. The Morgan fingerprint density at radius 2 is 2.15 bits per heavy atom. The van der Waals surface area contributed by atoms with Crippen LogP contribution in [0.3, 0.4) is 0 Å². The van der Waals surface area contributed by atoms with Crippen molar-refractivity contribution in [2.45, 2.75) is 44.0 Å². The normalized spacial score (nSPS) is 16.7. The number of benzene rings is 1. The standard InChI is InChI=1S/C18H21N3O4S/c1-2-14-10-15(25-20-14)11-19-26(23,24)16-5-6-17-13(9-16)7-8-21(17)18(22)12-3-4-12/h5-6,9-10,12,19H,2-4,7-8,11H2,1H3. The molecule has 4 rings (SSSR count). The van der Waals surface area contributed by atoms with Gasteiger partial charge in [-0.15, -0.1) is 0 Å². The van der Waals surface area contributed by atoms with Gasteiger partial charge >= 0.3 is 0 Å². The second kappa shape index (κ2) is 6.51. The molecular weight excluding hydrogens is 354 g/mol. The van der Waals surface area contributed by atoms with Crippen LogP contribution >= 0.6 is 0 Å². The number of hydrogen-bond acceptors (Lipinski definition) is 5. The number of aromatic nitrogens is 1. The third kappa shape index (κ3) is 3.26. The second-order valence-electron chi connectivity index (χ2n) is 6.77. The number of rotatable bonds is 6. The van der Waals surface area contributed by atoms with E-state index in [1.165, 1.54) is 0 Å². The summed E-state index contributed by atoms with van der Waals surface area (Å²) in [7, 11) is -3.66. The molecule has 2 heterocycles. The zero-order valence-electron chi connectivity index (χ0n) is 14.6. The van der Waals surface area contributed by atoms with E-state index in [-0.39, 0.29) is 23.3 Å². The second-order valence-corrected chi connectivity index (χ2v) is 8.53. The Morgan fingerprint density at radius 1 is 1.35 bits per heavy atom. The third-order valence-corrected chi connectivity index (χ3v) is 6.25. The van der Waals surface area contributed by atoms with E-state index in [1.807, 2.05) is 6.92 Å². The maximum atomic E-state index is 12.6. The van der Waals surface area contributed by atoms with Crippen LogP contribution in [0.25, 0.3) is 0 Å². The van der Waals surface area contributed by atoms with Crippen molar-refractivity contribution in [1.82, 2.24) is 9.88 Å². The van der Waals surface area contributed by atoms with Crippen LogP contribution in [-0.2, 0) is 34.2 Å². The van der Waals surface area contributed by atoms with Crippen molar-refractivity contribution in [1.29, 1.82) is 0 Å². The lowest BCUT2D eigenvalue weighted by molar-refractivity contribution is -0.119. The first kappa shape index (κ1) is 17.2. The molecule has 0 bridgehead atoms. The fraction of sp³-hybridized carbons (Fsp3) is 0.444. The summed E-state index contributed by atoms with van der Waals surface area (Å²) in [6.45, 7) is 2.63. The van der Waals surface area contributed by atoms with Gasteiger partial charge < -0.3 is 9.42 Å². The monoisotopic (exact) mass is 375 g/mol. The average molecular weight is 375 g/mol. The van der Waals surface area contributed by atoms with Gasteiger partial charge in [0.25, 0.3) is 0 Å². The number of nitrogens with one attached hydrogen (secondary N) is 1. The molecule has 1 amide bonds. The topological polar surface area (TPSA) is 92.5 Å². The highest BCUT2D eigenvalue weighted by Gasteiger charge is 2.36. The summed E-state index contributed by atoms with van der Waals surface area (Å²) < 4.78 is 32.8. The van der Waals surface area contributed by atoms with E-state index in [9.17, 15) is 13.2 Å². The number of carbonyl (C=O) groups excluding carboxylic acids is 1. The van der Waals surface area contributed by atoms with E-state index in [0.29, 0.717) is 18.7 Å². The van der Waals surface area contributed by atoms with E-state index < -0.39 is 10.0 Å². The van der Waals surface area contributed by atoms with Crippen LogP contribution in [0, 0.1) is 5.92 Å². The Labute approximate surface area is 152 Å². The molecule has 26 heavy (non-hydrogen) atoms. The molecule has 1 aliphatic carbocycles. The first-order valence-electron chi connectivity index (χ1n) is 8.86. The van der Waals surface area contributed by atoms with Gasteiger partial charge in [0.15, 0.2) is 5.76 Å². The van der Waals surface area contributed by atoms with E-state index in [1.54, 1.807) is 29.2 Å². The quantitative estimate of drug-likeness (QED) is 0.834. The summed E-state index contributed by atoms with van der Waals surface area (Å²) in [6, 6.07) is 6.70. The molecule has 7 nitrogen and oxygen atoms in total. The number of carbonyl (C=O) groups is 1. The lowest BCUT2D eigenvalue weighted by atomic mass is 10.2. The van der Waals surface area contributed by atoms with E-state index in [0.717, 1.165) is 36.2 Å².